The number of hydrogen-bond donors (Lipinski definition) is 4. The van der Waals surface area contributed by atoms with Crippen LogP contribution < -0.4 is 0 Å². The number of nitrogens with zero attached hydrogens (tertiary/aromatic N) is 4. The van der Waals surface area contributed by atoms with E-state index >= 15 is 0 Å². The lowest BCUT2D eigenvalue weighted by atomic mass is 10.1. The van der Waals surface area contributed by atoms with Gasteiger partial charge in [-0.15, -0.1) is 0 Å². The van der Waals surface area contributed by atoms with Crippen molar-refractivity contribution in [3.8, 4) is 22.6 Å². The largest absolute Gasteiger partial charge is 0.507 e. The van der Waals surface area contributed by atoms with Crippen molar-refractivity contribution in [2.45, 2.75) is 0 Å². The molecule has 0 atom stereocenters. The summed E-state index contributed by atoms with van der Waals surface area (Å²) in [7, 11) is 0. The van der Waals surface area contributed by atoms with Crippen LogP contribution in [0.15, 0.2) is 156 Å². The Morgan fingerprint density at radius 1 is 0.500 bits per heavy atom. The fraction of sp³-hybridized carbons (Fsp3) is 0. The van der Waals surface area contributed by atoms with Gasteiger partial charge < -0.3 is 20.4 Å². The van der Waals surface area contributed by atoms with E-state index in [1.807, 2.05) is 24.3 Å². The number of phenolic OH excluding ortho intramolecular Hbond substituents is 2. The lowest BCUT2D eigenvalue weighted by Crippen LogP contribution is -1.94. The molecule has 0 bridgehead atoms. The maximum atomic E-state index is 10.8. The second kappa shape index (κ2) is 17.5. The first-order chi connectivity index (χ1) is 23.3. The summed E-state index contributed by atoms with van der Waals surface area (Å²) < 4.78 is 0. The Labute approximate surface area is 276 Å². The van der Waals surface area contributed by atoms with Crippen molar-refractivity contribution in [2.24, 2.45) is 9.98 Å². The number of aromatic carboxylic acids is 2. The van der Waals surface area contributed by atoms with Crippen LogP contribution in [0.4, 0.5) is 11.4 Å². The van der Waals surface area contributed by atoms with E-state index in [0.717, 1.165) is 0 Å². The summed E-state index contributed by atoms with van der Waals surface area (Å²) in [5, 5.41) is 36.8. The Hall–Kier alpha value is -6.94. The van der Waals surface area contributed by atoms with Gasteiger partial charge in [-0.1, -0.05) is 36.4 Å². The topological polar surface area (TPSA) is 166 Å². The van der Waals surface area contributed by atoms with Crippen LogP contribution in [0.25, 0.3) is 11.1 Å². The van der Waals surface area contributed by atoms with Crippen LogP contribution >= 0.6 is 0 Å². The summed E-state index contributed by atoms with van der Waals surface area (Å²) in [4.78, 5) is 37.8. The van der Waals surface area contributed by atoms with Crippen molar-refractivity contribution in [3.05, 3.63) is 168 Å². The highest BCUT2D eigenvalue weighted by atomic mass is 16.4. The molecular formula is C38H30N4O6. The molecule has 0 fully saturated rings. The molecule has 0 radical (unpaired) electrons. The van der Waals surface area contributed by atoms with Gasteiger partial charge in [-0.05, 0) is 96.1 Å². The van der Waals surface area contributed by atoms with E-state index in [0.29, 0.717) is 22.5 Å². The average Bonchev–Trinajstić information content (AvgIpc) is 3.12. The molecule has 0 amide bonds. The molecule has 2 aromatic heterocycles. The van der Waals surface area contributed by atoms with Gasteiger partial charge in [0, 0.05) is 48.3 Å². The Kier molecular flexibility index (Phi) is 12.4. The van der Waals surface area contributed by atoms with E-state index in [1.165, 1.54) is 47.8 Å². The number of aromatic hydroxyl groups is 2. The van der Waals surface area contributed by atoms with Gasteiger partial charge >= 0.3 is 11.9 Å². The number of aliphatic imine (C=N–C) groups is 2. The van der Waals surface area contributed by atoms with Crippen molar-refractivity contribution in [2.75, 3.05) is 0 Å². The number of carboxylic acid groups (broad SMARTS) is 2. The maximum Gasteiger partial charge on any atom is 0.335 e. The molecule has 0 saturated heterocycles. The SMILES string of the molecule is O=C(O)c1cccc(N=Cc2ccccc2O)c1.O=C(O)c1cccc(N=Cc2ccccc2O)c1.c1cc(-c2ccncc2)ccn1. The number of hydrogen-bond acceptors (Lipinski definition) is 8. The quantitative estimate of drug-likeness (QED) is 0.128. The molecule has 0 saturated carbocycles. The highest BCUT2D eigenvalue weighted by Crippen LogP contribution is 2.19. The summed E-state index contributed by atoms with van der Waals surface area (Å²) in [5.74, 6) is -1.71. The molecule has 0 unspecified atom stereocenters. The third kappa shape index (κ3) is 10.6. The Morgan fingerprint density at radius 3 is 1.23 bits per heavy atom. The number of pyridine rings is 2. The summed E-state index contributed by atoms with van der Waals surface area (Å²) in [6.45, 7) is 0. The number of para-hydroxylation sites is 2. The lowest BCUT2D eigenvalue weighted by molar-refractivity contribution is 0.0686. The highest BCUT2D eigenvalue weighted by molar-refractivity contribution is 5.90. The minimum Gasteiger partial charge on any atom is -0.507 e. The average molecular weight is 639 g/mol. The van der Waals surface area contributed by atoms with E-state index in [1.54, 1.807) is 97.6 Å². The van der Waals surface area contributed by atoms with Crippen LogP contribution in [0.3, 0.4) is 0 Å². The van der Waals surface area contributed by atoms with Gasteiger partial charge in [0.25, 0.3) is 0 Å². The Morgan fingerprint density at radius 2 is 0.875 bits per heavy atom. The smallest absolute Gasteiger partial charge is 0.335 e. The summed E-state index contributed by atoms with van der Waals surface area (Å²) in [6.07, 6.45) is 10.1. The fourth-order valence-electron chi connectivity index (χ4n) is 4.01. The standard InChI is InChI=1S/2C14H11NO3.C10H8N2/c2*16-13-7-2-1-4-11(13)9-15-12-6-3-5-10(8-12)14(17)18;1-5-11-6-2-9(1)10-3-7-12-8-4-10/h2*1-9,16H,(H,17,18);1-8H. The lowest BCUT2D eigenvalue weighted by Gasteiger charge is -1.98. The first kappa shape index (κ1) is 33.9. The minimum atomic E-state index is -0.991. The number of carbonyl (C=O) groups is 2. The number of aromatic nitrogens is 2. The molecule has 2 heterocycles. The molecule has 10 nitrogen and oxygen atoms in total. The van der Waals surface area contributed by atoms with Crippen molar-refractivity contribution < 1.29 is 30.0 Å². The van der Waals surface area contributed by atoms with Crippen molar-refractivity contribution >= 4 is 35.7 Å². The second-order valence-electron chi connectivity index (χ2n) is 9.82. The molecule has 4 aromatic carbocycles. The van der Waals surface area contributed by atoms with E-state index in [-0.39, 0.29) is 22.6 Å². The summed E-state index contributed by atoms with van der Waals surface area (Å²) in [5.41, 5.74) is 4.93. The third-order valence-corrected chi connectivity index (χ3v) is 6.46. The molecule has 10 heteroatoms. The van der Waals surface area contributed by atoms with Crippen LogP contribution in [0.1, 0.15) is 31.8 Å². The molecule has 6 aromatic rings. The number of carboxylic acids is 2. The van der Waals surface area contributed by atoms with E-state index < -0.39 is 11.9 Å². The molecule has 238 valence electrons. The number of benzene rings is 4. The monoisotopic (exact) mass is 638 g/mol. The Bertz CT molecular complexity index is 1870. The minimum absolute atomic E-state index is 0.135. The fourth-order valence-corrected chi connectivity index (χ4v) is 4.01. The second-order valence-corrected chi connectivity index (χ2v) is 9.82. The van der Waals surface area contributed by atoms with Crippen LogP contribution in [-0.4, -0.2) is 54.8 Å². The predicted octanol–water partition coefficient (Wildman–Crippen LogP) is 7.83. The summed E-state index contributed by atoms with van der Waals surface area (Å²) >= 11 is 0. The Balaban J connectivity index is 0.000000166. The maximum absolute atomic E-state index is 10.8. The van der Waals surface area contributed by atoms with Gasteiger partial charge in [-0.25, -0.2) is 9.59 Å². The normalized spacial score (nSPS) is 10.4. The number of rotatable bonds is 7. The molecule has 0 aliphatic heterocycles. The summed E-state index contributed by atoms with van der Waals surface area (Å²) in [6, 6.07) is 34.1. The van der Waals surface area contributed by atoms with Crippen LogP contribution in [0, 0.1) is 0 Å². The van der Waals surface area contributed by atoms with Gasteiger partial charge in [-0.3, -0.25) is 20.0 Å². The molecule has 6 rings (SSSR count). The van der Waals surface area contributed by atoms with E-state index in [4.69, 9.17) is 10.2 Å². The molecule has 0 aliphatic rings. The predicted molar refractivity (Wildman–Crippen MR) is 185 cm³/mol. The van der Waals surface area contributed by atoms with Crippen molar-refractivity contribution in [3.63, 3.8) is 0 Å². The van der Waals surface area contributed by atoms with E-state index in [2.05, 4.69) is 20.0 Å². The van der Waals surface area contributed by atoms with Gasteiger partial charge in [0.15, 0.2) is 0 Å². The molecule has 0 aliphatic carbocycles. The van der Waals surface area contributed by atoms with Crippen LogP contribution in [-0.2, 0) is 0 Å². The van der Waals surface area contributed by atoms with Crippen LogP contribution in [0.5, 0.6) is 11.5 Å². The van der Waals surface area contributed by atoms with Gasteiger partial charge in [0.2, 0.25) is 0 Å². The van der Waals surface area contributed by atoms with Gasteiger partial charge in [0.1, 0.15) is 11.5 Å². The molecule has 0 spiro atoms. The zero-order valence-corrected chi connectivity index (χ0v) is 25.4. The molecular weight excluding hydrogens is 608 g/mol. The van der Waals surface area contributed by atoms with Gasteiger partial charge in [0.05, 0.1) is 22.5 Å². The van der Waals surface area contributed by atoms with Gasteiger partial charge in [-0.2, -0.15) is 0 Å². The molecule has 4 N–H and O–H groups in total. The first-order valence-corrected chi connectivity index (χ1v) is 14.4. The highest BCUT2D eigenvalue weighted by Gasteiger charge is 2.03. The van der Waals surface area contributed by atoms with Crippen molar-refractivity contribution in [1.82, 2.24) is 9.97 Å². The zero-order chi connectivity index (χ0) is 34.1. The first-order valence-electron chi connectivity index (χ1n) is 14.4. The van der Waals surface area contributed by atoms with E-state index in [9.17, 15) is 19.8 Å². The molecule has 48 heavy (non-hydrogen) atoms. The number of phenols is 2. The van der Waals surface area contributed by atoms with Crippen molar-refractivity contribution in [1.29, 1.82) is 0 Å². The third-order valence-electron chi connectivity index (χ3n) is 6.46. The van der Waals surface area contributed by atoms with Crippen LogP contribution in [0.2, 0.25) is 0 Å². The zero-order valence-electron chi connectivity index (χ0n) is 25.4.